The van der Waals surface area contributed by atoms with E-state index in [1.165, 1.54) is 24.3 Å². The number of nitrogens with zero attached hydrogens (tertiary/aromatic N) is 1. The number of aromatic nitrogens is 1. The number of rotatable bonds is 6. The summed E-state index contributed by atoms with van der Waals surface area (Å²) in [5, 5.41) is 5.18. The molecule has 0 unspecified atom stereocenters. The molecule has 114 valence electrons. The predicted molar refractivity (Wildman–Crippen MR) is 79.2 cm³/mol. The minimum Gasteiger partial charge on any atom is -0.349 e. The minimum atomic E-state index is -0.349. The molecule has 2 aromatic rings. The first-order valence-electron chi connectivity index (χ1n) is 6.81. The van der Waals surface area contributed by atoms with Crippen LogP contribution in [-0.4, -0.2) is 23.3 Å². The smallest absolute Gasteiger partial charge is 0.239 e. The molecule has 2 rings (SSSR count). The van der Waals surface area contributed by atoms with Gasteiger partial charge >= 0.3 is 0 Å². The van der Waals surface area contributed by atoms with Crippen LogP contribution >= 0.6 is 0 Å². The molecule has 0 radical (unpaired) electrons. The van der Waals surface area contributed by atoms with Crippen molar-refractivity contribution in [2.75, 3.05) is 6.54 Å². The average Bonchev–Trinajstić information content (AvgIpc) is 2.54. The number of carbonyl (C=O) groups is 2. The summed E-state index contributed by atoms with van der Waals surface area (Å²) in [7, 11) is 0. The van der Waals surface area contributed by atoms with E-state index >= 15 is 0 Å². The molecule has 0 atom stereocenters. The van der Waals surface area contributed by atoms with Gasteiger partial charge in [0.15, 0.2) is 0 Å². The number of benzene rings is 1. The summed E-state index contributed by atoms with van der Waals surface area (Å²) in [6.07, 6.45) is 1.75. The van der Waals surface area contributed by atoms with E-state index in [0.717, 1.165) is 5.69 Å². The molecule has 0 aliphatic rings. The predicted octanol–water partition coefficient (Wildman–Crippen LogP) is 1.20. The van der Waals surface area contributed by atoms with E-state index in [1.807, 2.05) is 6.07 Å². The summed E-state index contributed by atoms with van der Waals surface area (Å²) < 4.78 is 12.7. The van der Waals surface area contributed by atoms with Crippen LogP contribution in [0, 0.1) is 5.82 Å². The minimum absolute atomic E-state index is 0.104. The second-order valence-corrected chi connectivity index (χ2v) is 4.68. The molecule has 5 nitrogen and oxygen atoms in total. The molecule has 0 saturated carbocycles. The van der Waals surface area contributed by atoms with Gasteiger partial charge in [0.25, 0.3) is 0 Å². The number of halogens is 1. The number of hydrogen-bond donors (Lipinski definition) is 2. The van der Waals surface area contributed by atoms with Gasteiger partial charge in [-0.25, -0.2) is 4.39 Å². The largest absolute Gasteiger partial charge is 0.349 e. The van der Waals surface area contributed by atoms with E-state index in [1.54, 1.807) is 18.3 Å². The lowest BCUT2D eigenvalue weighted by Crippen LogP contribution is -2.37. The Kier molecular flexibility index (Phi) is 5.59. The van der Waals surface area contributed by atoms with Gasteiger partial charge in [-0.1, -0.05) is 18.2 Å². The van der Waals surface area contributed by atoms with Crippen molar-refractivity contribution in [1.82, 2.24) is 15.6 Å². The molecule has 0 aliphatic heterocycles. The SMILES string of the molecule is O=C(CNC(=O)Cc1ccc(F)cc1)NCc1ccccn1. The molecular weight excluding hydrogens is 285 g/mol. The van der Waals surface area contributed by atoms with Crippen molar-refractivity contribution in [2.45, 2.75) is 13.0 Å². The van der Waals surface area contributed by atoms with E-state index in [-0.39, 0.29) is 30.6 Å². The Morgan fingerprint density at radius 1 is 1.00 bits per heavy atom. The topological polar surface area (TPSA) is 71.1 Å². The Labute approximate surface area is 127 Å². The summed E-state index contributed by atoms with van der Waals surface area (Å²) in [6, 6.07) is 11.1. The first-order chi connectivity index (χ1) is 10.6. The lowest BCUT2D eigenvalue weighted by atomic mass is 10.1. The normalized spacial score (nSPS) is 10.0. The maximum absolute atomic E-state index is 12.7. The number of carbonyl (C=O) groups excluding carboxylic acids is 2. The van der Waals surface area contributed by atoms with Crippen LogP contribution in [0.2, 0.25) is 0 Å². The number of nitrogens with one attached hydrogen (secondary N) is 2. The van der Waals surface area contributed by atoms with Crippen molar-refractivity contribution in [3.63, 3.8) is 0 Å². The van der Waals surface area contributed by atoms with Gasteiger partial charge in [-0.15, -0.1) is 0 Å². The van der Waals surface area contributed by atoms with E-state index in [0.29, 0.717) is 12.1 Å². The van der Waals surface area contributed by atoms with Crippen molar-refractivity contribution in [2.24, 2.45) is 0 Å². The average molecular weight is 301 g/mol. The molecule has 2 N–H and O–H groups in total. The van der Waals surface area contributed by atoms with E-state index < -0.39 is 0 Å². The Balaban J connectivity index is 1.69. The first kappa shape index (κ1) is 15.6. The van der Waals surface area contributed by atoms with Crippen LogP contribution in [0.4, 0.5) is 4.39 Å². The summed E-state index contributed by atoms with van der Waals surface area (Å²) in [6.45, 7) is 0.209. The molecule has 0 spiro atoms. The molecule has 0 fully saturated rings. The molecule has 22 heavy (non-hydrogen) atoms. The fourth-order valence-corrected chi connectivity index (χ4v) is 1.78. The quantitative estimate of drug-likeness (QED) is 0.842. The van der Waals surface area contributed by atoms with Gasteiger partial charge < -0.3 is 10.6 Å². The van der Waals surface area contributed by atoms with E-state index in [9.17, 15) is 14.0 Å². The third kappa shape index (κ3) is 5.32. The zero-order chi connectivity index (χ0) is 15.8. The third-order valence-electron chi connectivity index (χ3n) is 2.92. The van der Waals surface area contributed by atoms with Crippen LogP contribution in [0.5, 0.6) is 0 Å². The number of amides is 2. The fourth-order valence-electron chi connectivity index (χ4n) is 1.78. The molecule has 6 heteroatoms. The van der Waals surface area contributed by atoms with Gasteiger partial charge in [-0.05, 0) is 29.8 Å². The Hall–Kier alpha value is -2.76. The maximum atomic E-state index is 12.7. The Morgan fingerprint density at radius 2 is 1.77 bits per heavy atom. The number of pyridine rings is 1. The van der Waals surface area contributed by atoms with Gasteiger partial charge in [-0.2, -0.15) is 0 Å². The highest BCUT2D eigenvalue weighted by Gasteiger charge is 2.07. The van der Waals surface area contributed by atoms with Gasteiger partial charge in [-0.3, -0.25) is 14.6 Å². The maximum Gasteiger partial charge on any atom is 0.239 e. The highest BCUT2D eigenvalue weighted by atomic mass is 19.1. The summed E-state index contributed by atoms with van der Waals surface area (Å²) in [4.78, 5) is 27.4. The van der Waals surface area contributed by atoms with Gasteiger partial charge in [0.2, 0.25) is 11.8 Å². The number of hydrogen-bond acceptors (Lipinski definition) is 3. The molecule has 0 bridgehead atoms. The monoisotopic (exact) mass is 301 g/mol. The van der Waals surface area contributed by atoms with Crippen LogP contribution in [0.25, 0.3) is 0 Å². The first-order valence-corrected chi connectivity index (χ1v) is 6.81. The highest BCUT2D eigenvalue weighted by Crippen LogP contribution is 2.03. The van der Waals surface area contributed by atoms with Crippen molar-refractivity contribution in [3.8, 4) is 0 Å². The van der Waals surface area contributed by atoms with Crippen molar-refractivity contribution < 1.29 is 14.0 Å². The van der Waals surface area contributed by atoms with Crippen molar-refractivity contribution >= 4 is 11.8 Å². The second kappa shape index (κ2) is 7.87. The van der Waals surface area contributed by atoms with Crippen LogP contribution in [0.15, 0.2) is 48.7 Å². The molecule has 2 amide bonds. The molecule has 1 aromatic heterocycles. The van der Waals surface area contributed by atoms with Crippen LogP contribution in [0.1, 0.15) is 11.3 Å². The zero-order valence-corrected chi connectivity index (χ0v) is 11.9. The third-order valence-corrected chi connectivity index (χ3v) is 2.92. The second-order valence-electron chi connectivity index (χ2n) is 4.68. The standard InChI is InChI=1S/C16H16FN3O2/c17-13-6-4-12(5-7-13)9-15(21)20-11-16(22)19-10-14-3-1-2-8-18-14/h1-8H,9-11H2,(H,19,22)(H,20,21). The summed E-state index contributed by atoms with van der Waals surface area (Å²) in [5.74, 6) is -0.934. The Morgan fingerprint density at radius 3 is 2.45 bits per heavy atom. The molecule has 0 saturated heterocycles. The Bertz CT molecular complexity index is 630. The van der Waals surface area contributed by atoms with Crippen molar-refractivity contribution in [1.29, 1.82) is 0 Å². The van der Waals surface area contributed by atoms with Gasteiger partial charge in [0.05, 0.1) is 25.2 Å². The molecular formula is C16H16FN3O2. The van der Waals surface area contributed by atoms with Crippen LogP contribution in [0.3, 0.4) is 0 Å². The lowest BCUT2D eigenvalue weighted by Gasteiger charge is -2.07. The molecule has 0 aliphatic carbocycles. The van der Waals surface area contributed by atoms with E-state index in [4.69, 9.17) is 0 Å². The summed E-state index contributed by atoms with van der Waals surface area (Å²) in [5.41, 5.74) is 1.43. The molecule has 1 aromatic carbocycles. The van der Waals surface area contributed by atoms with E-state index in [2.05, 4.69) is 15.6 Å². The van der Waals surface area contributed by atoms with Crippen molar-refractivity contribution in [3.05, 3.63) is 65.7 Å². The summed E-state index contributed by atoms with van der Waals surface area (Å²) >= 11 is 0. The van der Waals surface area contributed by atoms with Gasteiger partial charge in [0, 0.05) is 6.20 Å². The van der Waals surface area contributed by atoms with Gasteiger partial charge in [0.1, 0.15) is 5.82 Å². The molecule has 1 heterocycles. The fraction of sp³-hybridized carbons (Fsp3) is 0.188. The van der Waals surface area contributed by atoms with Crippen LogP contribution in [-0.2, 0) is 22.6 Å². The van der Waals surface area contributed by atoms with Crippen LogP contribution < -0.4 is 10.6 Å². The highest BCUT2D eigenvalue weighted by molar-refractivity contribution is 5.85. The zero-order valence-electron chi connectivity index (χ0n) is 11.9. The lowest BCUT2D eigenvalue weighted by molar-refractivity contribution is -0.125.